The van der Waals surface area contributed by atoms with Gasteiger partial charge >= 0.3 is 0 Å². The first-order valence-electron chi connectivity index (χ1n) is 7.22. The van der Waals surface area contributed by atoms with E-state index < -0.39 is 6.10 Å². The van der Waals surface area contributed by atoms with Crippen molar-refractivity contribution in [1.29, 1.82) is 0 Å². The molecule has 0 aliphatic heterocycles. The molecule has 0 heterocycles. The second-order valence-electron chi connectivity index (χ2n) is 5.31. The predicted molar refractivity (Wildman–Crippen MR) is 86.5 cm³/mol. The number of aliphatic hydroxyl groups is 1. The summed E-state index contributed by atoms with van der Waals surface area (Å²) in [6.07, 6.45) is 3.23. The Morgan fingerprint density at radius 1 is 1.29 bits per heavy atom. The number of allylic oxidation sites excluding steroid dienone is 1. The number of aliphatic hydroxyl groups excluding tert-OH is 1. The van der Waals surface area contributed by atoms with Crippen LogP contribution in [0.15, 0.2) is 48.1 Å². The van der Waals surface area contributed by atoms with Gasteiger partial charge in [-0.2, -0.15) is 0 Å². The lowest BCUT2D eigenvalue weighted by atomic mass is 10.0. The van der Waals surface area contributed by atoms with Crippen LogP contribution in [0.5, 0.6) is 5.75 Å². The zero-order chi connectivity index (χ0) is 15.7. The first-order valence-corrected chi connectivity index (χ1v) is 7.22. The molecule has 1 rings (SSSR count). The van der Waals surface area contributed by atoms with Crippen molar-refractivity contribution in [3.05, 3.63) is 53.6 Å². The molecule has 1 atom stereocenters. The molecule has 0 aromatic heterocycles. The summed E-state index contributed by atoms with van der Waals surface area (Å²) in [6, 6.07) is 7.86. The number of hydrogen-bond acceptors (Lipinski definition) is 3. The van der Waals surface area contributed by atoms with E-state index in [4.69, 9.17) is 9.47 Å². The van der Waals surface area contributed by atoms with Crippen LogP contribution in [0, 0.1) is 0 Å². The van der Waals surface area contributed by atoms with Gasteiger partial charge in [-0.15, -0.1) is 0 Å². The maximum Gasteiger partial charge on any atom is 0.118 e. The molecule has 0 saturated carbocycles. The number of rotatable bonds is 9. The third-order valence-electron chi connectivity index (χ3n) is 3.36. The maximum atomic E-state index is 9.67. The summed E-state index contributed by atoms with van der Waals surface area (Å²) in [7, 11) is 1.66. The number of ether oxygens (including phenoxy) is 2. The Morgan fingerprint density at radius 3 is 2.52 bits per heavy atom. The maximum absolute atomic E-state index is 9.67. The highest BCUT2D eigenvalue weighted by atomic mass is 16.5. The van der Waals surface area contributed by atoms with Crippen LogP contribution < -0.4 is 4.74 Å². The van der Waals surface area contributed by atoms with Crippen LogP contribution in [0.2, 0.25) is 0 Å². The van der Waals surface area contributed by atoms with Crippen LogP contribution in [-0.4, -0.2) is 24.9 Å². The molecule has 116 valence electrons. The highest BCUT2D eigenvalue weighted by Gasteiger charge is 2.04. The van der Waals surface area contributed by atoms with Crippen LogP contribution in [-0.2, 0) is 11.3 Å². The molecule has 0 bridgehead atoms. The molecule has 3 heteroatoms. The highest BCUT2D eigenvalue weighted by Crippen LogP contribution is 2.13. The van der Waals surface area contributed by atoms with Gasteiger partial charge in [-0.05, 0) is 44.4 Å². The van der Waals surface area contributed by atoms with Gasteiger partial charge in [0.2, 0.25) is 0 Å². The number of methoxy groups -OCH3 is 1. The fourth-order valence-electron chi connectivity index (χ4n) is 1.81. The van der Waals surface area contributed by atoms with E-state index in [0.717, 1.165) is 29.7 Å². The SMILES string of the molecule is C=C(C)[C@@H](O)CC/C(C)=C/COCc1ccc(OC)cc1. The third-order valence-corrected chi connectivity index (χ3v) is 3.36. The lowest BCUT2D eigenvalue weighted by Gasteiger charge is -2.10. The smallest absolute Gasteiger partial charge is 0.118 e. The Morgan fingerprint density at radius 2 is 1.95 bits per heavy atom. The third kappa shape index (κ3) is 7.11. The average Bonchev–Trinajstić information content (AvgIpc) is 2.49. The largest absolute Gasteiger partial charge is 0.497 e. The molecule has 1 aromatic carbocycles. The Bertz CT molecular complexity index is 460. The minimum atomic E-state index is -0.409. The molecule has 3 nitrogen and oxygen atoms in total. The van der Waals surface area contributed by atoms with Crippen LogP contribution in [0.4, 0.5) is 0 Å². The summed E-state index contributed by atoms with van der Waals surface area (Å²) in [4.78, 5) is 0. The van der Waals surface area contributed by atoms with Crippen molar-refractivity contribution in [3.63, 3.8) is 0 Å². The monoisotopic (exact) mass is 290 g/mol. The first kappa shape index (κ1) is 17.5. The quantitative estimate of drug-likeness (QED) is 0.554. The summed E-state index contributed by atoms with van der Waals surface area (Å²) in [5.41, 5.74) is 3.17. The van der Waals surface area contributed by atoms with E-state index in [0.29, 0.717) is 13.2 Å². The van der Waals surface area contributed by atoms with Gasteiger partial charge in [0.25, 0.3) is 0 Å². The fraction of sp³-hybridized carbons (Fsp3) is 0.444. The van der Waals surface area contributed by atoms with Crippen LogP contribution in [0.3, 0.4) is 0 Å². The molecule has 0 aliphatic rings. The van der Waals surface area contributed by atoms with E-state index >= 15 is 0 Å². The average molecular weight is 290 g/mol. The molecule has 0 radical (unpaired) electrons. The van der Waals surface area contributed by atoms with Gasteiger partial charge in [-0.3, -0.25) is 0 Å². The normalized spacial score (nSPS) is 13.0. The van der Waals surface area contributed by atoms with Crippen molar-refractivity contribution < 1.29 is 14.6 Å². The van der Waals surface area contributed by atoms with Gasteiger partial charge in [0.15, 0.2) is 0 Å². The summed E-state index contributed by atoms with van der Waals surface area (Å²) in [5.74, 6) is 0.852. The molecular formula is C18H26O3. The van der Waals surface area contributed by atoms with Crippen molar-refractivity contribution in [2.45, 2.75) is 39.4 Å². The van der Waals surface area contributed by atoms with Crippen molar-refractivity contribution in [2.24, 2.45) is 0 Å². The van der Waals surface area contributed by atoms with E-state index in [-0.39, 0.29) is 0 Å². The van der Waals surface area contributed by atoms with Crippen molar-refractivity contribution in [3.8, 4) is 5.75 Å². The van der Waals surface area contributed by atoms with Crippen molar-refractivity contribution in [2.75, 3.05) is 13.7 Å². The van der Waals surface area contributed by atoms with Crippen molar-refractivity contribution >= 4 is 0 Å². The molecule has 1 N–H and O–H groups in total. The number of hydrogen-bond donors (Lipinski definition) is 1. The Balaban J connectivity index is 2.25. The molecule has 0 amide bonds. The van der Waals surface area contributed by atoms with Crippen LogP contribution in [0.25, 0.3) is 0 Å². The number of benzene rings is 1. The van der Waals surface area contributed by atoms with Gasteiger partial charge in [0, 0.05) is 0 Å². The first-order chi connectivity index (χ1) is 10.0. The van der Waals surface area contributed by atoms with Crippen LogP contribution >= 0.6 is 0 Å². The summed E-state index contributed by atoms with van der Waals surface area (Å²) < 4.78 is 10.7. The molecule has 0 fully saturated rings. The molecular weight excluding hydrogens is 264 g/mol. The van der Waals surface area contributed by atoms with Crippen LogP contribution in [0.1, 0.15) is 32.3 Å². The minimum absolute atomic E-state index is 0.409. The standard InChI is InChI=1S/C18H26O3/c1-14(2)18(19)10-5-15(3)11-12-21-13-16-6-8-17(20-4)9-7-16/h6-9,11,18-19H,1,5,10,12-13H2,2-4H3/b15-11+/t18-/m0/s1. The summed E-state index contributed by atoms with van der Waals surface area (Å²) >= 11 is 0. The topological polar surface area (TPSA) is 38.7 Å². The molecule has 1 aromatic rings. The Labute approximate surface area is 127 Å². The lowest BCUT2D eigenvalue weighted by molar-refractivity contribution is 0.148. The Kier molecular flexibility index (Phi) is 7.80. The van der Waals surface area contributed by atoms with E-state index in [1.54, 1.807) is 7.11 Å². The summed E-state index contributed by atoms with van der Waals surface area (Å²) in [5, 5.41) is 9.67. The van der Waals surface area contributed by atoms with Gasteiger partial charge in [0.1, 0.15) is 5.75 Å². The highest BCUT2D eigenvalue weighted by molar-refractivity contribution is 5.26. The van der Waals surface area contributed by atoms with Gasteiger partial charge < -0.3 is 14.6 Å². The zero-order valence-electron chi connectivity index (χ0n) is 13.3. The molecule has 0 aliphatic carbocycles. The molecule has 21 heavy (non-hydrogen) atoms. The fourth-order valence-corrected chi connectivity index (χ4v) is 1.81. The Hall–Kier alpha value is -1.58. The molecule has 0 spiro atoms. The van der Waals surface area contributed by atoms with Gasteiger partial charge in [0.05, 0.1) is 26.4 Å². The van der Waals surface area contributed by atoms with E-state index in [1.165, 1.54) is 5.57 Å². The molecule has 0 unspecified atom stereocenters. The minimum Gasteiger partial charge on any atom is -0.497 e. The lowest BCUT2D eigenvalue weighted by Crippen LogP contribution is -2.07. The summed E-state index contributed by atoms with van der Waals surface area (Å²) in [6.45, 7) is 8.83. The van der Waals surface area contributed by atoms with Gasteiger partial charge in [-0.25, -0.2) is 0 Å². The second kappa shape index (κ2) is 9.37. The molecule has 0 saturated heterocycles. The van der Waals surface area contributed by atoms with Gasteiger partial charge in [-0.1, -0.05) is 35.9 Å². The van der Waals surface area contributed by atoms with Crippen molar-refractivity contribution in [1.82, 2.24) is 0 Å². The second-order valence-corrected chi connectivity index (χ2v) is 5.31. The zero-order valence-corrected chi connectivity index (χ0v) is 13.3. The van der Waals surface area contributed by atoms with E-state index in [1.807, 2.05) is 31.2 Å². The van der Waals surface area contributed by atoms with E-state index in [9.17, 15) is 5.11 Å². The predicted octanol–water partition coefficient (Wildman–Crippen LogP) is 3.88. The van der Waals surface area contributed by atoms with E-state index in [2.05, 4.69) is 19.6 Å².